The third-order valence-corrected chi connectivity index (χ3v) is 6.23. The van der Waals surface area contributed by atoms with Crippen molar-refractivity contribution in [3.8, 4) is 5.75 Å². The number of ether oxygens (including phenoxy) is 1. The number of nitrogens with zero attached hydrogens (tertiary/aromatic N) is 1. The molecule has 0 aromatic heterocycles. The van der Waals surface area contributed by atoms with Gasteiger partial charge in [-0.2, -0.15) is 0 Å². The largest absolute Gasteiger partial charge is 0.508 e. The lowest BCUT2D eigenvalue weighted by atomic mass is 9.97. The van der Waals surface area contributed by atoms with Crippen LogP contribution in [0.5, 0.6) is 5.75 Å². The van der Waals surface area contributed by atoms with E-state index in [1.54, 1.807) is 40.0 Å². The predicted molar refractivity (Wildman–Crippen MR) is 151 cm³/mol. The van der Waals surface area contributed by atoms with Crippen molar-refractivity contribution in [1.82, 2.24) is 10.2 Å². The molecule has 39 heavy (non-hydrogen) atoms. The molecule has 3 N–H and O–H groups in total. The van der Waals surface area contributed by atoms with Gasteiger partial charge in [0.25, 0.3) is 5.91 Å². The molecule has 3 aromatic rings. The molecular formula is C31H37N3O5. The average molecular weight is 532 g/mol. The molecule has 206 valence electrons. The van der Waals surface area contributed by atoms with E-state index in [0.29, 0.717) is 16.8 Å². The fourth-order valence-corrected chi connectivity index (χ4v) is 4.22. The van der Waals surface area contributed by atoms with Gasteiger partial charge in [0.15, 0.2) is 0 Å². The smallest absolute Gasteiger partial charge is 0.408 e. The number of carbonyl (C=O) groups excluding carboxylic acids is 3. The van der Waals surface area contributed by atoms with Crippen LogP contribution in [-0.4, -0.2) is 46.6 Å². The SMILES string of the molecule is Cc1ccccc1NC(=O)C(c1ccccc1C)N(C)C(=O)C(Cc1ccc(O)cc1)NC(=O)OC(C)(C)C. The minimum absolute atomic E-state index is 0.0892. The standard InChI is InChI=1S/C31H37N3O5/c1-20-11-7-9-13-24(20)27(28(36)32-25-14-10-8-12-21(25)2)34(6)29(37)26(33-30(38)39-31(3,4)5)19-22-15-17-23(35)18-16-22/h7-18,26-27,35H,19H2,1-6H3,(H,32,36)(H,33,38). The minimum Gasteiger partial charge on any atom is -0.508 e. The zero-order chi connectivity index (χ0) is 28.7. The summed E-state index contributed by atoms with van der Waals surface area (Å²) in [5.41, 5.74) is 3.00. The summed E-state index contributed by atoms with van der Waals surface area (Å²) in [5.74, 6) is -0.761. The van der Waals surface area contributed by atoms with Crippen LogP contribution < -0.4 is 10.6 Å². The van der Waals surface area contributed by atoms with Gasteiger partial charge in [0, 0.05) is 19.2 Å². The fraction of sp³-hybridized carbons (Fsp3) is 0.323. The van der Waals surface area contributed by atoms with Crippen molar-refractivity contribution in [2.75, 3.05) is 12.4 Å². The number of alkyl carbamates (subject to hydrolysis) is 1. The Morgan fingerprint density at radius 2 is 1.49 bits per heavy atom. The molecule has 0 fully saturated rings. The van der Waals surface area contributed by atoms with Crippen molar-refractivity contribution in [1.29, 1.82) is 0 Å². The molecule has 2 atom stereocenters. The van der Waals surface area contributed by atoms with Crippen LogP contribution in [-0.2, 0) is 20.7 Å². The topological polar surface area (TPSA) is 108 Å². The average Bonchev–Trinajstić information content (AvgIpc) is 2.86. The van der Waals surface area contributed by atoms with E-state index in [4.69, 9.17) is 4.74 Å². The summed E-state index contributed by atoms with van der Waals surface area (Å²) in [4.78, 5) is 41.8. The van der Waals surface area contributed by atoms with Gasteiger partial charge in [-0.15, -0.1) is 0 Å². The first kappa shape index (κ1) is 29.2. The Morgan fingerprint density at radius 1 is 0.897 bits per heavy atom. The summed E-state index contributed by atoms with van der Waals surface area (Å²) >= 11 is 0. The van der Waals surface area contributed by atoms with Gasteiger partial charge in [-0.1, -0.05) is 54.6 Å². The Kier molecular flexibility index (Phi) is 9.35. The molecule has 0 bridgehead atoms. The Morgan fingerprint density at radius 3 is 2.08 bits per heavy atom. The second kappa shape index (κ2) is 12.5. The summed E-state index contributed by atoms with van der Waals surface area (Å²) in [5, 5.41) is 15.3. The zero-order valence-corrected chi connectivity index (χ0v) is 23.3. The molecule has 8 heteroatoms. The van der Waals surface area contributed by atoms with Gasteiger partial charge in [0.05, 0.1) is 0 Å². The van der Waals surface area contributed by atoms with E-state index in [1.165, 1.54) is 17.0 Å². The molecule has 0 aliphatic rings. The van der Waals surface area contributed by atoms with Crippen LogP contribution >= 0.6 is 0 Å². The summed E-state index contributed by atoms with van der Waals surface area (Å²) in [7, 11) is 1.55. The Hall–Kier alpha value is -4.33. The maximum atomic E-state index is 14.0. The molecule has 3 rings (SSSR count). The lowest BCUT2D eigenvalue weighted by Crippen LogP contribution is -2.52. The van der Waals surface area contributed by atoms with Crippen LogP contribution in [0, 0.1) is 13.8 Å². The molecule has 8 nitrogen and oxygen atoms in total. The van der Waals surface area contributed by atoms with Gasteiger partial charge in [-0.25, -0.2) is 4.79 Å². The van der Waals surface area contributed by atoms with E-state index in [0.717, 1.165) is 11.1 Å². The number of phenolic OH excluding ortho intramolecular Hbond substituents is 1. The number of hydrogen-bond donors (Lipinski definition) is 3. The number of para-hydroxylation sites is 1. The van der Waals surface area contributed by atoms with Gasteiger partial charge in [0.1, 0.15) is 23.4 Å². The predicted octanol–water partition coefficient (Wildman–Crippen LogP) is 5.28. The number of likely N-dealkylation sites (N-methyl/N-ethyl adjacent to an activating group) is 1. The third kappa shape index (κ3) is 8.07. The zero-order valence-electron chi connectivity index (χ0n) is 23.3. The molecule has 0 heterocycles. The quantitative estimate of drug-likeness (QED) is 0.366. The first-order valence-corrected chi connectivity index (χ1v) is 12.8. The van der Waals surface area contributed by atoms with Gasteiger partial charge in [-0.3, -0.25) is 9.59 Å². The molecule has 0 radical (unpaired) electrons. The maximum Gasteiger partial charge on any atom is 0.408 e. The van der Waals surface area contributed by atoms with Crippen molar-refractivity contribution in [3.63, 3.8) is 0 Å². The molecule has 2 unspecified atom stereocenters. The first-order chi connectivity index (χ1) is 18.4. The molecule has 0 aliphatic carbocycles. The van der Waals surface area contributed by atoms with E-state index < -0.39 is 29.7 Å². The highest BCUT2D eigenvalue weighted by Crippen LogP contribution is 2.27. The van der Waals surface area contributed by atoms with Crippen LogP contribution in [0.2, 0.25) is 0 Å². The first-order valence-electron chi connectivity index (χ1n) is 12.8. The number of rotatable bonds is 8. The van der Waals surface area contributed by atoms with E-state index >= 15 is 0 Å². The molecule has 0 saturated heterocycles. The van der Waals surface area contributed by atoms with Crippen molar-refractivity contribution in [2.24, 2.45) is 0 Å². The minimum atomic E-state index is -1.04. The van der Waals surface area contributed by atoms with Crippen molar-refractivity contribution in [2.45, 2.75) is 58.7 Å². The Labute approximate surface area is 230 Å². The number of nitrogens with one attached hydrogen (secondary N) is 2. The highest BCUT2D eigenvalue weighted by molar-refractivity contribution is 5.99. The summed E-state index contributed by atoms with van der Waals surface area (Å²) in [6.45, 7) is 8.99. The monoisotopic (exact) mass is 531 g/mol. The number of carbonyl (C=O) groups is 3. The summed E-state index contributed by atoms with van der Waals surface area (Å²) in [6.07, 6.45) is -0.618. The van der Waals surface area contributed by atoms with Crippen molar-refractivity contribution >= 4 is 23.6 Å². The van der Waals surface area contributed by atoms with Crippen molar-refractivity contribution < 1.29 is 24.2 Å². The van der Waals surface area contributed by atoms with E-state index in [9.17, 15) is 19.5 Å². The molecule has 0 spiro atoms. The summed E-state index contributed by atoms with van der Waals surface area (Å²) < 4.78 is 5.42. The number of hydrogen-bond acceptors (Lipinski definition) is 5. The number of benzene rings is 3. The number of phenols is 1. The number of amides is 3. The normalized spacial score (nSPS) is 12.7. The number of aryl methyl sites for hydroxylation is 2. The Balaban J connectivity index is 1.97. The Bertz CT molecular complexity index is 1310. The second-order valence-corrected chi connectivity index (χ2v) is 10.6. The van der Waals surface area contributed by atoms with Gasteiger partial charge < -0.3 is 25.4 Å². The summed E-state index contributed by atoms with van der Waals surface area (Å²) in [6, 6.07) is 19.2. The van der Waals surface area contributed by atoms with Crippen LogP contribution in [0.15, 0.2) is 72.8 Å². The number of anilines is 1. The second-order valence-electron chi connectivity index (χ2n) is 10.6. The highest BCUT2D eigenvalue weighted by Gasteiger charge is 2.35. The molecule has 3 amide bonds. The van der Waals surface area contributed by atoms with E-state index in [-0.39, 0.29) is 18.1 Å². The molecular weight excluding hydrogens is 494 g/mol. The van der Waals surface area contributed by atoms with Crippen LogP contribution in [0.3, 0.4) is 0 Å². The fourth-order valence-electron chi connectivity index (χ4n) is 4.22. The van der Waals surface area contributed by atoms with Gasteiger partial charge in [-0.05, 0) is 75.1 Å². The maximum absolute atomic E-state index is 14.0. The molecule has 0 aliphatic heterocycles. The highest BCUT2D eigenvalue weighted by atomic mass is 16.6. The van der Waals surface area contributed by atoms with Crippen molar-refractivity contribution in [3.05, 3.63) is 95.1 Å². The van der Waals surface area contributed by atoms with Crippen LogP contribution in [0.25, 0.3) is 0 Å². The van der Waals surface area contributed by atoms with Crippen LogP contribution in [0.1, 0.15) is 49.1 Å². The number of aromatic hydroxyl groups is 1. The van der Waals surface area contributed by atoms with Gasteiger partial charge >= 0.3 is 6.09 Å². The lowest BCUT2D eigenvalue weighted by molar-refractivity contribution is -0.139. The molecule has 0 saturated carbocycles. The third-order valence-electron chi connectivity index (χ3n) is 6.23. The van der Waals surface area contributed by atoms with Gasteiger partial charge in [0.2, 0.25) is 5.91 Å². The lowest BCUT2D eigenvalue weighted by Gasteiger charge is -2.32. The van der Waals surface area contributed by atoms with E-state index in [1.807, 2.05) is 62.4 Å². The molecule has 3 aromatic carbocycles. The van der Waals surface area contributed by atoms with E-state index in [2.05, 4.69) is 10.6 Å². The van der Waals surface area contributed by atoms with Crippen LogP contribution in [0.4, 0.5) is 10.5 Å².